The van der Waals surface area contributed by atoms with Crippen molar-refractivity contribution in [2.24, 2.45) is 0 Å². The lowest BCUT2D eigenvalue weighted by molar-refractivity contribution is 1.33. The summed E-state index contributed by atoms with van der Waals surface area (Å²) in [6.45, 7) is 0. The first-order chi connectivity index (χ1) is 21.3. The van der Waals surface area contributed by atoms with E-state index in [9.17, 15) is 0 Å². The first kappa shape index (κ1) is 23.3. The van der Waals surface area contributed by atoms with Gasteiger partial charge in [0.2, 0.25) is 0 Å². The second-order valence-corrected chi connectivity index (χ2v) is 12.6. The summed E-state index contributed by atoms with van der Waals surface area (Å²) in [5, 5.41) is 15.8. The monoisotopic (exact) mass is 561 g/mol. The third-order valence-electron chi connectivity index (χ3n) is 9.20. The van der Waals surface area contributed by atoms with E-state index in [4.69, 9.17) is 4.98 Å². The van der Waals surface area contributed by atoms with Crippen molar-refractivity contribution in [2.45, 2.75) is 0 Å². The van der Waals surface area contributed by atoms with Gasteiger partial charge >= 0.3 is 0 Å². The number of rotatable bonds is 2. The van der Waals surface area contributed by atoms with Gasteiger partial charge in [-0.1, -0.05) is 103 Å². The van der Waals surface area contributed by atoms with E-state index in [0.29, 0.717) is 0 Å². The van der Waals surface area contributed by atoms with E-state index in [1.54, 1.807) is 0 Å². The summed E-state index contributed by atoms with van der Waals surface area (Å²) in [6, 6.07) is 51.1. The molecule has 0 saturated heterocycles. The summed E-state index contributed by atoms with van der Waals surface area (Å²) in [5.41, 5.74) is 4.27. The van der Waals surface area contributed by atoms with Crippen molar-refractivity contribution >= 4 is 85.4 Å². The Morgan fingerprint density at radius 2 is 0.791 bits per heavy atom. The van der Waals surface area contributed by atoms with E-state index in [1.165, 1.54) is 74.0 Å². The van der Waals surface area contributed by atoms with Crippen LogP contribution in [0.3, 0.4) is 0 Å². The molecular formula is C41H23NS. The molecule has 2 heteroatoms. The predicted molar refractivity (Wildman–Crippen MR) is 187 cm³/mol. The Morgan fingerprint density at radius 3 is 1.47 bits per heavy atom. The maximum absolute atomic E-state index is 5.21. The van der Waals surface area contributed by atoms with Gasteiger partial charge in [-0.2, -0.15) is 0 Å². The minimum Gasteiger partial charge on any atom is -0.248 e. The molecule has 2 aromatic heterocycles. The van der Waals surface area contributed by atoms with Crippen LogP contribution in [0.5, 0.6) is 0 Å². The van der Waals surface area contributed by atoms with Crippen LogP contribution in [0.15, 0.2) is 140 Å². The molecule has 0 spiro atoms. The zero-order valence-electron chi connectivity index (χ0n) is 23.1. The standard InChI is InChI=1S/C41H23NS/c1-2-9-27-26(8-1)30-11-5-13-32-28-20-18-24(22-34(28)33-14-6-12-31(27)41(33)40(30)32)36-15-7-16-37(42-36)25-19-21-39-35(23-25)29-10-3-4-17-38(29)43-39/h1-23H. The normalized spacial score (nSPS) is 12.2. The van der Waals surface area contributed by atoms with Gasteiger partial charge in [-0.25, -0.2) is 4.98 Å². The van der Waals surface area contributed by atoms with Crippen molar-refractivity contribution in [2.75, 3.05) is 0 Å². The maximum atomic E-state index is 5.21. The van der Waals surface area contributed by atoms with Crippen molar-refractivity contribution in [1.29, 1.82) is 0 Å². The van der Waals surface area contributed by atoms with Crippen molar-refractivity contribution < 1.29 is 0 Å². The molecule has 0 amide bonds. The third-order valence-corrected chi connectivity index (χ3v) is 10.4. The van der Waals surface area contributed by atoms with Crippen LogP contribution in [-0.2, 0) is 0 Å². The molecule has 1 nitrogen and oxygen atoms in total. The van der Waals surface area contributed by atoms with Crippen LogP contribution in [0, 0.1) is 0 Å². The van der Waals surface area contributed by atoms with Crippen LogP contribution in [0.1, 0.15) is 0 Å². The number of benzene rings is 8. The highest BCUT2D eigenvalue weighted by atomic mass is 32.1. The molecule has 0 atom stereocenters. The fraction of sp³-hybridized carbons (Fsp3) is 0. The molecule has 2 heterocycles. The van der Waals surface area contributed by atoms with Crippen LogP contribution in [0.2, 0.25) is 0 Å². The summed E-state index contributed by atoms with van der Waals surface area (Å²) >= 11 is 1.85. The Bertz CT molecular complexity index is 2730. The summed E-state index contributed by atoms with van der Waals surface area (Å²) in [5.74, 6) is 0. The van der Waals surface area contributed by atoms with Gasteiger partial charge < -0.3 is 0 Å². The average molecular weight is 562 g/mol. The lowest BCUT2D eigenvalue weighted by atomic mass is 9.86. The number of nitrogens with zero attached hydrogens (tertiary/aromatic N) is 1. The quantitative estimate of drug-likeness (QED) is 0.151. The topological polar surface area (TPSA) is 12.9 Å². The van der Waals surface area contributed by atoms with Gasteiger partial charge in [0.05, 0.1) is 11.4 Å². The minimum absolute atomic E-state index is 0.991. The Kier molecular flexibility index (Phi) is 4.66. The molecule has 0 unspecified atom stereocenters. The van der Waals surface area contributed by atoms with Gasteiger partial charge in [0, 0.05) is 31.3 Å². The zero-order chi connectivity index (χ0) is 28.1. The van der Waals surface area contributed by atoms with Crippen LogP contribution in [-0.4, -0.2) is 4.98 Å². The molecule has 0 aliphatic carbocycles. The van der Waals surface area contributed by atoms with E-state index in [2.05, 4.69) is 140 Å². The molecular weight excluding hydrogens is 539 g/mol. The average Bonchev–Trinajstić information content (AvgIpc) is 3.46. The van der Waals surface area contributed by atoms with Gasteiger partial charge in [-0.05, 0) is 90.3 Å². The Morgan fingerprint density at radius 1 is 0.326 bits per heavy atom. The second kappa shape index (κ2) is 8.61. The van der Waals surface area contributed by atoms with Crippen molar-refractivity contribution in [3.8, 4) is 22.5 Å². The lowest BCUT2D eigenvalue weighted by Crippen LogP contribution is -1.91. The fourth-order valence-electron chi connectivity index (χ4n) is 7.30. The predicted octanol–water partition coefficient (Wildman–Crippen LogP) is 12.0. The molecule has 0 radical (unpaired) electrons. The molecule has 0 fully saturated rings. The van der Waals surface area contributed by atoms with Crippen LogP contribution < -0.4 is 0 Å². The molecule has 43 heavy (non-hydrogen) atoms. The molecule has 0 saturated carbocycles. The lowest BCUT2D eigenvalue weighted by Gasteiger charge is -2.18. The van der Waals surface area contributed by atoms with E-state index >= 15 is 0 Å². The highest BCUT2D eigenvalue weighted by molar-refractivity contribution is 7.25. The number of pyridine rings is 1. The van der Waals surface area contributed by atoms with E-state index in [-0.39, 0.29) is 0 Å². The summed E-state index contributed by atoms with van der Waals surface area (Å²) in [6.07, 6.45) is 0. The zero-order valence-corrected chi connectivity index (χ0v) is 24.0. The van der Waals surface area contributed by atoms with Crippen LogP contribution in [0.25, 0.3) is 96.5 Å². The molecule has 198 valence electrons. The Hall–Kier alpha value is -5.31. The van der Waals surface area contributed by atoms with Gasteiger partial charge in [0.25, 0.3) is 0 Å². The molecule has 0 aliphatic rings. The molecule has 10 aromatic rings. The minimum atomic E-state index is 0.991. The first-order valence-electron chi connectivity index (χ1n) is 14.7. The third kappa shape index (κ3) is 3.24. The van der Waals surface area contributed by atoms with Gasteiger partial charge in [0.15, 0.2) is 0 Å². The fourth-order valence-corrected chi connectivity index (χ4v) is 8.38. The van der Waals surface area contributed by atoms with Gasteiger partial charge in [-0.15, -0.1) is 11.3 Å². The molecule has 0 bridgehead atoms. The molecule has 0 N–H and O–H groups in total. The summed E-state index contributed by atoms with van der Waals surface area (Å²) < 4.78 is 2.64. The molecule has 8 aromatic carbocycles. The van der Waals surface area contributed by atoms with Crippen molar-refractivity contribution in [3.63, 3.8) is 0 Å². The summed E-state index contributed by atoms with van der Waals surface area (Å²) in [7, 11) is 0. The van der Waals surface area contributed by atoms with E-state index in [0.717, 1.165) is 22.5 Å². The van der Waals surface area contributed by atoms with Gasteiger partial charge in [0.1, 0.15) is 0 Å². The number of thiophene rings is 1. The first-order valence-corrected chi connectivity index (χ1v) is 15.5. The molecule has 0 aliphatic heterocycles. The van der Waals surface area contributed by atoms with E-state index < -0.39 is 0 Å². The number of aromatic nitrogens is 1. The second-order valence-electron chi connectivity index (χ2n) is 11.5. The summed E-state index contributed by atoms with van der Waals surface area (Å²) in [4.78, 5) is 5.21. The maximum Gasteiger partial charge on any atom is 0.0709 e. The van der Waals surface area contributed by atoms with E-state index in [1.807, 2.05) is 11.3 Å². The Balaban J connectivity index is 1.20. The number of hydrogen-bond acceptors (Lipinski definition) is 2. The van der Waals surface area contributed by atoms with Crippen LogP contribution in [0.4, 0.5) is 0 Å². The highest BCUT2D eigenvalue weighted by Crippen LogP contribution is 2.45. The SMILES string of the molecule is c1cc(-c2ccc3sc4ccccc4c3c2)nc(-c2ccc3c(c2)c2cccc4c5ccccc5c5cccc3c5c42)c1. The van der Waals surface area contributed by atoms with Crippen molar-refractivity contribution in [1.82, 2.24) is 4.98 Å². The largest absolute Gasteiger partial charge is 0.248 e. The van der Waals surface area contributed by atoms with Crippen LogP contribution >= 0.6 is 11.3 Å². The molecule has 10 rings (SSSR count). The number of fused-ring (bicyclic) bond motifs is 9. The number of hydrogen-bond donors (Lipinski definition) is 0. The van der Waals surface area contributed by atoms with Crippen molar-refractivity contribution in [3.05, 3.63) is 140 Å². The highest BCUT2D eigenvalue weighted by Gasteiger charge is 2.17. The van der Waals surface area contributed by atoms with Gasteiger partial charge in [-0.3, -0.25) is 0 Å². The Labute approximate surface area is 251 Å². The smallest absolute Gasteiger partial charge is 0.0709 e.